The molecular formula is C10H17N3O3S. The topological polar surface area (TPSA) is 97.2 Å². The molecule has 1 amide bonds. The molecule has 1 aromatic rings. The van der Waals surface area contributed by atoms with Gasteiger partial charge in [0, 0.05) is 24.8 Å². The lowest BCUT2D eigenvalue weighted by Crippen LogP contribution is -2.40. The second-order valence-electron chi connectivity index (χ2n) is 3.63. The van der Waals surface area contributed by atoms with Crippen LogP contribution in [-0.2, 0) is 16.1 Å². The Kier molecular flexibility index (Phi) is 5.88. The van der Waals surface area contributed by atoms with Gasteiger partial charge in [-0.2, -0.15) is 0 Å². The Morgan fingerprint density at radius 2 is 2.47 bits per heavy atom. The highest BCUT2D eigenvalue weighted by molar-refractivity contribution is 7.07. The van der Waals surface area contributed by atoms with Gasteiger partial charge in [0.25, 0.3) is 0 Å². The monoisotopic (exact) mass is 259 g/mol. The minimum Gasteiger partial charge on any atom is -0.385 e. The fourth-order valence-electron chi connectivity index (χ4n) is 1.29. The zero-order valence-corrected chi connectivity index (χ0v) is 10.5. The van der Waals surface area contributed by atoms with Crippen LogP contribution in [0, 0.1) is 0 Å². The lowest BCUT2D eigenvalue weighted by molar-refractivity contribution is -0.122. The molecule has 0 aromatic carbocycles. The standard InChI is InChI=1S/C10H17N3O3S/c1-16-4-2-3-8(11)9(14)12-5-7-6-17-10(15)13-7/h6,8H,2-5,11H2,1H3,(H,12,14)(H,13,15). The largest absolute Gasteiger partial charge is 0.385 e. The van der Waals surface area contributed by atoms with Crippen LogP contribution < -0.4 is 15.9 Å². The number of ether oxygens (including phenoxy) is 1. The fraction of sp³-hybridized carbons (Fsp3) is 0.600. The molecule has 0 spiro atoms. The minimum absolute atomic E-state index is 0.126. The summed E-state index contributed by atoms with van der Waals surface area (Å²) in [5, 5.41) is 4.35. The Morgan fingerprint density at radius 3 is 3.06 bits per heavy atom. The van der Waals surface area contributed by atoms with E-state index in [0.717, 1.165) is 17.8 Å². The first-order chi connectivity index (χ1) is 8.13. The quantitative estimate of drug-likeness (QED) is 0.591. The summed E-state index contributed by atoms with van der Waals surface area (Å²) in [6.07, 6.45) is 1.33. The zero-order chi connectivity index (χ0) is 12.7. The smallest absolute Gasteiger partial charge is 0.304 e. The Hall–Kier alpha value is -1.18. The molecule has 0 aliphatic carbocycles. The van der Waals surface area contributed by atoms with E-state index < -0.39 is 6.04 Å². The number of thiazole rings is 1. The predicted molar refractivity (Wildman–Crippen MR) is 65.9 cm³/mol. The van der Waals surface area contributed by atoms with E-state index in [2.05, 4.69) is 10.3 Å². The van der Waals surface area contributed by atoms with Gasteiger partial charge < -0.3 is 20.8 Å². The van der Waals surface area contributed by atoms with Gasteiger partial charge in [-0.3, -0.25) is 9.59 Å². The molecule has 96 valence electrons. The Bertz CT molecular complexity index is 402. The summed E-state index contributed by atoms with van der Waals surface area (Å²) in [6, 6.07) is -0.532. The highest BCUT2D eigenvalue weighted by atomic mass is 32.1. The van der Waals surface area contributed by atoms with Gasteiger partial charge in [0.1, 0.15) is 0 Å². The number of carbonyl (C=O) groups excluding carboxylic acids is 1. The Labute approximate surface area is 103 Å². The minimum atomic E-state index is -0.532. The van der Waals surface area contributed by atoms with E-state index in [0.29, 0.717) is 25.3 Å². The van der Waals surface area contributed by atoms with Crippen molar-refractivity contribution < 1.29 is 9.53 Å². The maximum absolute atomic E-state index is 11.6. The van der Waals surface area contributed by atoms with Gasteiger partial charge in [-0.15, -0.1) is 0 Å². The maximum atomic E-state index is 11.6. The van der Waals surface area contributed by atoms with Gasteiger partial charge in [0.15, 0.2) is 0 Å². The number of rotatable bonds is 7. The fourth-order valence-corrected chi connectivity index (χ4v) is 1.87. The zero-order valence-electron chi connectivity index (χ0n) is 9.69. The molecule has 0 fully saturated rings. The number of H-pyrrole nitrogens is 1. The van der Waals surface area contributed by atoms with Crippen molar-refractivity contribution in [3.8, 4) is 0 Å². The van der Waals surface area contributed by atoms with Crippen LogP contribution in [0.15, 0.2) is 10.2 Å². The van der Waals surface area contributed by atoms with Crippen LogP contribution in [0.4, 0.5) is 0 Å². The molecule has 0 saturated carbocycles. The van der Waals surface area contributed by atoms with Crippen LogP contribution in [0.5, 0.6) is 0 Å². The molecule has 0 radical (unpaired) electrons. The van der Waals surface area contributed by atoms with Gasteiger partial charge in [-0.1, -0.05) is 11.3 Å². The summed E-state index contributed by atoms with van der Waals surface area (Å²) in [7, 11) is 1.61. The van der Waals surface area contributed by atoms with Crippen LogP contribution >= 0.6 is 11.3 Å². The summed E-state index contributed by atoms with van der Waals surface area (Å²) in [6.45, 7) is 0.897. The number of nitrogens with two attached hydrogens (primary N) is 1. The Balaban J connectivity index is 2.26. The van der Waals surface area contributed by atoms with Crippen molar-refractivity contribution in [2.45, 2.75) is 25.4 Å². The molecule has 1 rings (SSSR count). The summed E-state index contributed by atoms with van der Waals surface area (Å²) < 4.78 is 4.88. The molecule has 0 aliphatic rings. The van der Waals surface area contributed by atoms with Gasteiger partial charge in [-0.25, -0.2) is 0 Å². The van der Waals surface area contributed by atoms with Crippen LogP contribution in [0.25, 0.3) is 0 Å². The third kappa shape index (κ3) is 5.12. The summed E-state index contributed by atoms with van der Waals surface area (Å²) in [5.74, 6) is -0.215. The second kappa shape index (κ2) is 7.21. The number of aromatic nitrogens is 1. The van der Waals surface area contributed by atoms with Crippen molar-refractivity contribution in [1.29, 1.82) is 0 Å². The molecule has 6 nitrogen and oxygen atoms in total. The first-order valence-electron chi connectivity index (χ1n) is 5.32. The molecule has 1 heterocycles. The number of nitrogens with one attached hydrogen (secondary N) is 2. The molecule has 17 heavy (non-hydrogen) atoms. The highest BCUT2D eigenvalue weighted by Crippen LogP contribution is 1.97. The maximum Gasteiger partial charge on any atom is 0.304 e. The van der Waals surface area contributed by atoms with Crippen LogP contribution in [0.1, 0.15) is 18.5 Å². The van der Waals surface area contributed by atoms with Gasteiger partial charge in [-0.05, 0) is 12.8 Å². The van der Waals surface area contributed by atoms with Gasteiger partial charge in [0.05, 0.1) is 12.6 Å². The molecule has 1 aromatic heterocycles. The summed E-state index contributed by atoms with van der Waals surface area (Å²) >= 11 is 1.07. The number of methoxy groups -OCH3 is 1. The van der Waals surface area contributed by atoms with Crippen molar-refractivity contribution in [2.24, 2.45) is 5.73 Å². The van der Waals surface area contributed by atoms with Crippen LogP contribution in [0.3, 0.4) is 0 Å². The molecular weight excluding hydrogens is 242 g/mol. The molecule has 0 aliphatic heterocycles. The van der Waals surface area contributed by atoms with E-state index in [-0.39, 0.29) is 10.8 Å². The molecule has 1 unspecified atom stereocenters. The molecule has 1 atom stereocenters. The first-order valence-corrected chi connectivity index (χ1v) is 6.20. The van der Waals surface area contributed by atoms with E-state index in [1.54, 1.807) is 12.5 Å². The van der Waals surface area contributed by atoms with Gasteiger partial charge in [0.2, 0.25) is 5.91 Å². The average molecular weight is 259 g/mol. The van der Waals surface area contributed by atoms with Crippen LogP contribution in [-0.4, -0.2) is 30.6 Å². The molecule has 7 heteroatoms. The molecule has 0 bridgehead atoms. The lowest BCUT2D eigenvalue weighted by atomic mass is 10.1. The Morgan fingerprint density at radius 1 is 1.71 bits per heavy atom. The van der Waals surface area contributed by atoms with E-state index in [1.807, 2.05) is 0 Å². The van der Waals surface area contributed by atoms with E-state index in [1.165, 1.54) is 0 Å². The second-order valence-corrected chi connectivity index (χ2v) is 4.47. The number of aromatic amines is 1. The summed E-state index contributed by atoms with van der Waals surface area (Å²) in [4.78, 5) is 24.9. The highest BCUT2D eigenvalue weighted by Gasteiger charge is 2.12. The SMILES string of the molecule is COCCCC(N)C(=O)NCc1csc(=O)[nH]1. The van der Waals surface area contributed by atoms with E-state index in [4.69, 9.17) is 10.5 Å². The van der Waals surface area contributed by atoms with Crippen LogP contribution in [0.2, 0.25) is 0 Å². The van der Waals surface area contributed by atoms with Crippen molar-refractivity contribution >= 4 is 17.2 Å². The van der Waals surface area contributed by atoms with Crippen molar-refractivity contribution in [3.05, 3.63) is 20.7 Å². The normalized spacial score (nSPS) is 12.4. The number of hydrogen-bond acceptors (Lipinski definition) is 5. The number of amides is 1. The predicted octanol–water partition coefficient (Wildman–Crippen LogP) is -0.193. The van der Waals surface area contributed by atoms with Crippen molar-refractivity contribution in [2.75, 3.05) is 13.7 Å². The van der Waals surface area contributed by atoms with E-state index >= 15 is 0 Å². The molecule has 4 N–H and O–H groups in total. The first kappa shape index (κ1) is 13.9. The van der Waals surface area contributed by atoms with Crippen molar-refractivity contribution in [1.82, 2.24) is 10.3 Å². The number of hydrogen-bond donors (Lipinski definition) is 3. The van der Waals surface area contributed by atoms with Gasteiger partial charge >= 0.3 is 4.87 Å². The third-order valence-electron chi connectivity index (χ3n) is 2.22. The number of carbonyl (C=O) groups is 1. The average Bonchev–Trinajstić information content (AvgIpc) is 2.72. The van der Waals surface area contributed by atoms with E-state index in [9.17, 15) is 9.59 Å². The lowest BCUT2D eigenvalue weighted by Gasteiger charge is -2.11. The third-order valence-corrected chi connectivity index (χ3v) is 2.94. The molecule has 0 saturated heterocycles. The van der Waals surface area contributed by atoms with Crippen molar-refractivity contribution in [3.63, 3.8) is 0 Å². The summed E-state index contributed by atoms with van der Waals surface area (Å²) in [5.41, 5.74) is 6.38.